The van der Waals surface area contributed by atoms with E-state index in [4.69, 9.17) is 5.84 Å². The highest BCUT2D eigenvalue weighted by Gasteiger charge is 2.30. The molecule has 3 rings (SSSR count). The molecule has 3 aromatic rings. The summed E-state index contributed by atoms with van der Waals surface area (Å²) in [5.74, 6) is 5.53. The first-order valence-corrected chi connectivity index (χ1v) is 8.34. The number of aromatic nitrogens is 2. The van der Waals surface area contributed by atoms with Gasteiger partial charge in [-0.05, 0) is 12.1 Å². The molecule has 0 aliphatic carbocycles. The minimum atomic E-state index is -3.79. The molecule has 0 aliphatic rings. The SMILES string of the molecule is CN(c1ccccc1)S(=O)(=O)c1c(NN)nc2sccn12. The lowest BCUT2D eigenvalue weighted by atomic mass is 10.3. The van der Waals surface area contributed by atoms with Crippen molar-refractivity contribution < 1.29 is 8.42 Å². The average molecular weight is 323 g/mol. The summed E-state index contributed by atoms with van der Waals surface area (Å²) in [5, 5.41) is 1.79. The monoisotopic (exact) mass is 323 g/mol. The van der Waals surface area contributed by atoms with Gasteiger partial charge in [0.15, 0.2) is 10.8 Å². The lowest BCUT2D eigenvalue weighted by molar-refractivity contribution is 0.590. The lowest BCUT2D eigenvalue weighted by Crippen LogP contribution is -2.28. The van der Waals surface area contributed by atoms with Crippen LogP contribution in [0.5, 0.6) is 0 Å². The number of imidazole rings is 1. The highest BCUT2D eigenvalue weighted by molar-refractivity contribution is 7.92. The molecule has 0 aliphatic heterocycles. The zero-order valence-electron chi connectivity index (χ0n) is 11.1. The van der Waals surface area contributed by atoms with Gasteiger partial charge in [-0.15, -0.1) is 11.3 Å². The van der Waals surface area contributed by atoms with Gasteiger partial charge in [0, 0.05) is 18.6 Å². The van der Waals surface area contributed by atoms with E-state index in [1.54, 1.807) is 35.8 Å². The molecule has 0 radical (unpaired) electrons. The fourth-order valence-corrected chi connectivity index (χ4v) is 4.19. The molecule has 2 heterocycles. The summed E-state index contributed by atoms with van der Waals surface area (Å²) >= 11 is 1.33. The predicted octanol–water partition coefficient (Wildman–Crippen LogP) is 1.51. The number of nitrogens with zero attached hydrogens (tertiary/aromatic N) is 3. The number of thiazole rings is 1. The van der Waals surface area contributed by atoms with Gasteiger partial charge in [-0.25, -0.2) is 5.84 Å². The Balaban J connectivity index is 2.18. The summed E-state index contributed by atoms with van der Waals surface area (Å²) in [5.41, 5.74) is 2.91. The van der Waals surface area contributed by atoms with Gasteiger partial charge < -0.3 is 5.43 Å². The molecule has 0 saturated carbocycles. The van der Waals surface area contributed by atoms with Crippen LogP contribution in [-0.4, -0.2) is 24.9 Å². The molecular formula is C12H13N5O2S2. The molecule has 21 heavy (non-hydrogen) atoms. The second-order valence-corrected chi connectivity index (χ2v) is 7.03. The highest BCUT2D eigenvalue weighted by Crippen LogP contribution is 2.29. The number of benzene rings is 1. The van der Waals surface area contributed by atoms with Crippen molar-refractivity contribution in [3.63, 3.8) is 0 Å². The number of sulfonamides is 1. The Kier molecular flexibility index (Phi) is 3.32. The summed E-state index contributed by atoms with van der Waals surface area (Å²) in [6, 6.07) is 8.82. The van der Waals surface area contributed by atoms with E-state index >= 15 is 0 Å². The number of hydrogen-bond donors (Lipinski definition) is 2. The van der Waals surface area contributed by atoms with Gasteiger partial charge in [-0.2, -0.15) is 13.4 Å². The Morgan fingerprint density at radius 2 is 2.05 bits per heavy atom. The Bertz CT molecular complexity index is 870. The third kappa shape index (κ3) is 2.15. The van der Waals surface area contributed by atoms with Crippen molar-refractivity contribution in [3.05, 3.63) is 41.9 Å². The quantitative estimate of drug-likeness (QED) is 0.561. The number of rotatable bonds is 4. The second-order valence-electron chi connectivity index (χ2n) is 4.27. The van der Waals surface area contributed by atoms with E-state index in [9.17, 15) is 8.42 Å². The molecule has 9 heteroatoms. The Hall–Kier alpha value is -2.10. The number of nitrogen functional groups attached to an aromatic ring is 1. The van der Waals surface area contributed by atoms with Crippen molar-refractivity contribution in [1.29, 1.82) is 0 Å². The Morgan fingerprint density at radius 1 is 1.33 bits per heavy atom. The summed E-state index contributed by atoms with van der Waals surface area (Å²) < 4.78 is 28.4. The minimum Gasteiger partial charge on any atom is -0.306 e. The molecule has 0 spiro atoms. The normalized spacial score (nSPS) is 11.7. The van der Waals surface area contributed by atoms with Gasteiger partial charge in [0.2, 0.25) is 5.03 Å². The minimum absolute atomic E-state index is 0.0209. The van der Waals surface area contributed by atoms with Crippen LogP contribution in [0.25, 0.3) is 4.96 Å². The third-order valence-electron chi connectivity index (χ3n) is 3.08. The molecule has 2 aromatic heterocycles. The van der Waals surface area contributed by atoms with Crippen LogP contribution in [0.3, 0.4) is 0 Å². The van der Waals surface area contributed by atoms with Crippen LogP contribution >= 0.6 is 11.3 Å². The smallest absolute Gasteiger partial charge is 0.284 e. The zero-order chi connectivity index (χ0) is 15.0. The van der Waals surface area contributed by atoms with E-state index in [-0.39, 0.29) is 10.8 Å². The summed E-state index contributed by atoms with van der Waals surface area (Å²) in [6.45, 7) is 0. The number of nitrogens with one attached hydrogen (secondary N) is 1. The van der Waals surface area contributed by atoms with Crippen molar-refractivity contribution in [1.82, 2.24) is 9.38 Å². The molecule has 1 aromatic carbocycles. The summed E-state index contributed by atoms with van der Waals surface area (Å²) in [4.78, 5) is 4.73. The van der Waals surface area contributed by atoms with Crippen LogP contribution in [0.4, 0.5) is 11.5 Å². The maximum atomic E-state index is 12.9. The Labute approximate surface area is 125 Å². The van der Waals surface area contributed by atoms with Crippen LogP contribution < -0.4 is 15.6 Å². The number of para-hydroxylation sites is 1. The molecule has 0 amide bonds. The van der Waals surface area contributed by atoms with Gasteiger partial charge in [-0.1, -0.05) is 18.2 Å². The van der Waals surface area contributed by atoms with Crippen molar-refractivity contribution in [2.24, 2.45) is 5.84 Å². The van der Waals surface area contributed by atoms with Gasteiger partial charge in [0.05, 0.1) is 5.69 Å². The molecule has 3 N–H and O–H groups in total. The fourth-order valence-electron chi connectivity index (χ4n) is 2.01. The van der Waals surface area contributed by atoms with Gasteiger partial charge >= 0.3 is 0 Å². The van der Waals surface area contributed by atoms with E-state index in [1.165, 1.54) is 27.1 Å². The molecule has 0 unspecified atom stereocenters. The molecule has 0 fully saturated rings. The maximum Gasteiger partial charge on any atom is 0.284 e. The average Bonchev–Trinajstić information content (AvgIpc) is 3.06. The first-order valence-electron chi connectivity index (χ1n) is 6.02. The number of hydrazine groups is 1. The lowest BCUT2D eigenvalue weighted by Gasteiger charge is -2.19. The number of hydrogen-bond acceptors (Lipinski definition) is 6. The maximum absolute atomic E-state index is 12.9. The van der Waals surface area contributed by atoms with Crippen LogP contribution in [0.15, 0.2) is 46.9 Å². The van der Waals surface area contributed by atoms with Gasteiger partial charge in [0.1, 0.15) is 0 Å². The second kappa shape index (κ2) is 5.02. The summed E-state index contributed by atoms with van der Waals surface area (Å²) in [7, 11) is -2.29. The molecular weight excluding hydrogens is 310 g/mol. The van der Waals surface area contributed by atoms with Crippen LogP contribution in [-0.2, 0) is 10.0 Å². The predicted molar refractivity (Wildman–Crippen MR) is 82.9 cm³/mol. The topological polar surface area (TPSA) is 92.7 Å². The molecule has 0 bridgehead atoms. The largest absolute Gasteiger partial charge is 0.306 e. The summed E-state index contributed by atoms with van der Waals surface area (Å²) in [6.07, 6.45) is 1.65. The van der Waals surface area contributed by atoms with Crippen molar-refractivity contribution in [2.45, 2.75) is 5.03 Å². The van der Waals surface area contributed by atoms with Crippen molar-refractivity contribution in [2.75, 3.05) is 16.8 Å². The van der Waals surface area contributed by atoms with E-state index in [0.29, 0.717) is 10.6 Å². The number of nitrogens with two attached hydrogens (primary N) is 1. The third-order valence-corrected chi connectivity index (χ3v) is 5.65. The fraction of sp³-hybridized carbons (Fsp3) is 0.0833. The van der Waals surface area contributed by atoms with Crippen molar-refractivity contribution >= 4 is 37.8 Å². The molecule has 110 valence electrons. The zero-order valence-corrected chi connectivity index (χ0v) is 12.7. The van der Waals surface area contributed by atoms with E-state index in [0.717, 1.165) is 0 Å². The number of anilines is 2. The molecule has 7 nitrogen and oxygen atoms in total. The molecule has 0 saturated heterocycles. The molecule has 0 atom stereocenters. The van der Waals surface area contributed by atoms with Crippen molar-refractivity contribution in [3.8, 4) is 0 Å². The highest BCUT2D eigenvalue weighted by atomic mass is 32.2. The van der Waals surface area contributed by atoms with Gasteiger partial charge in [-0.3, -0.25) is 8.71 Å². The first-order chi connectivity index (χ1) is 10.1. The van der Waals surface area contributed by atoms with Gasteiger partial charge in [0.25, 0.3) is 10.0 Å². The van der Waals surface area contributed by atoms with Crippen LogP contribution in [0.2, 0.25) is 0 Å². The van der Waals surface area contributed by atoms with Crippen LogP contribution in [0.1, 0.15) is 0 Å². The Morgan fingerprint density at radius 3 is 2.71 bits per heavy atom. The van der Waals surface area contributed by atoms with E-state index in [1.807, 2.05) is 6.07 Å². The number of fused-ring (bicyclic) bond motifs is 1. The van der Waals surface area contributed by atoms with E-state index < -0.39 is 10.0 Å². The first kappa shape index (κ1) is 13.9. The van der Waals surface area contributed by atoms with Crippen LogP contribution in [0, 0.1) is 0 Å². The standard InChI is InChI=1S/C12H13N5O2S2/c1-16(9-5-3-2-4-6-9)21(18,19)11-10(15-13)14-12-17(11)7-8-20-12/h2-8,15H,13H2,1H3. The van der Waals surface area contributed by atoms with E-state index in [2.05, 4.69) is 10.4 Å².